The number of para-hydroxylation sites is 2. The topological polar surface area (TPSA) is 61.8 Å². The molecule has 4 nitrogen and oxygen atoms in total. The van der Waals surface area contributed by atoms with Gasteiger partial charge in [0.15, 0.2) is 5.82 Å². The molecule has 0 spiro atoms. The largest absolute Gasteiger partial charge is 0.511 e. The van der Waals surface area contributed by atoms with Crippen LogP contribution in [0.5, 0.6) is 0 Å². The summed E-state index contributed by atoms with van der Waals surface area (Å²) in [6.45, 7) is 2.70. The predicted octanol–water partition coefficient (Wildman–Crippen LogP) is 4.48. The van der Waals surface area contributed by atoms with Gasteiger partial charge in [0.25, 0.3) is 0 Å². The Morgan fingerprint density at radius 1 is 1.12 bits per heavy atom. The van der Waals surface area contributed by atoms with Gasteiger partial charge in [0, 0.05) is 13.0 Å². The second-order valence-corrected chi connectivity index (χ2v) is 5.59. The first-order valence-corrected chi connectivity index (χ1v) is 8.06. The minimum absolute atomic E-state index is 0.0892. The van der Waals surface area contributed by atoms with Crippen molar-refractivity contribution in [3.05, 3.63) is 71.7 Å². The van der Waals surface area contributed by atoms with E-state index in [1.807, 2.05) is 66.1 Å². The van der Waals surface area contributed by atoms with E-state index >= 15 is 0 Å². The van der Waals surface area contributed by atoms with Crippen LogP contribution in [0.2, 0.25) is 0 Å². The first kappa shape index (κ1) is 15.8. The SMILES string of the molecule is CCn1c(/C(C#N)=C(\O)CCc2ccccc2)nc2ccccc21. The smallest absolute Gasteiger partial charge is 0.155 e. The van der Waals surface area contributed by atoms with Crippen molar-refractivity contribution in [2.75, 3.05) is 0 Å². The number of hydrogen-bond donors (Lipinski definition) is 1. The summed E-state index contributed by atoms with van der Waals surface area (Å²) in [5, 5.41) is 20.0. The third kappa shape index (κ3) is 3.02. The van der Waals surface area contributed by atoms with Crippen LogP contribution in [-0.2, 0) is 13.0 Å². The van der Waals surface area contributed by atoms with Gasteiger partial charge in [-0.05, 0) is 31.0 Å². The molecule has 3 aromatic rings. The average Bonchev–Trinajstić information content (AvgIpc) is 2.99. The normalized spacial score (nSPS) is 12.0. The van der Waals surface area contributed by atoms with E-state index < -0.39 is 0 Å². The second-order valence-electron chi connectivity index (χ2n) is 5.59. The first-order chi connectivity index (χ1) is 11.7. The van der Waals surface area contributed by atoms with E-state index in [1.54, 1.807) is 0 Å². The van der Waals surface area contributed by atoms with Gasteiger partial charge in [0.05, 0.1) is 11.0 Å². The molecule has 24 heavy (non-hydrogen) atoms. The predicted molar refractivity (Wildman–Crippen MR) is 95.3 cm³/mol. The highest BCUT2D eigenvalue weighted by Gasteiger charge is 2.17. The maximum absolute atomic E-state index is 10.5. The van der Waals surface area contributed by atoms with E-state index in [2.05, 4.69) is 11.1 Å². The van der Waals surface area contributed by atoms with Gasteiger partial charge in [-0.2, -0.15) is 5.26 Å². The zero-order valence-electron chi connectivity index (χ0n) is 13.6. The van der Waals surface area contributed by atoms with Gasteiger partial charge in [0.1, 0.15) is 17.4 Å². The lowest BCUT2D eigenvalue weighted by Gasteiger charge is -2.07. The van der Waals surface area contributed by atoms with Gasteiger partial charge in [-0.15, -0.1) is 0 Å². The third-order valence-corrected chi connectivity index (χ3v) is 4.09. The Bertz CT molecular complexity index is 917. The molecule has 4 heteroatoms. The van der Waals surface area contributed by atoms with E-state index in [-0.39, 0.29) is 11.3 Å². The fourth-order valence-corrected chi connectivity index (χ4v) is 2.86. The molecule has 0 aliphatic carbocycles. The molecule has 0 aliphatic heterocycles. The molecule has 0 radical (unpaired) electrons. The molecule has 120 valence electrons. The van der Waals surface area contributed by atoms with Crippen molar-refractivity contribution in [1.82, 2.24) is 9.55 Å². The molecule has 1 N–H and O–H groups in total. The lowest BCUT2D eigenvalue weighted by atomic mass is 10.1. The number of aliphatic hydroxyl groups is 1. The van der Waals surface area contributed by atoms with Crippen molar-refractivity contribution in [3.63, 3.8) is 0 Å². The Kier molecular flexibility index (Phi) is 4.62. The van der Waals surface area contributed by atoms with Crippen LogP contribution < -0.4 is 0 Å². The van der Waals surface area contributed by atoms with Gasteiger partial charge in [-0.25, -0.2) is 4.98 Å². The number of aryl methyl sites for hydroxylation is 2. The maximum atomic E-state index is 10.5. The molecule has 0 amide bonds. The number of fused-ring (bicyclic) bond motifs is 1. The molecule has 0 saturated heterocycles. The highest BCUT2D eigenvalue weighted by molar-refractivity contribution is 5.83. The van der Waals surface area contributed by atoms with Crippen molar-refractivity contribution in [3.8, 4) is 6.07 Å². The van der Waals surface area contributed by atoms with Crippen molar-refractivity contribution < 1.29 is 5.11 Å². The van der Waals surface area contributed by atoms with Gasteiger partial charge < -0.3 is 9.67 Å². The summed E-state index contributed by atoms with van der Waals surface area (Å²) in [6.07, 6.45) is 1.10. The zero-order chi connectivity index (χ0) is 16.9. The van der Waals surface area contributed by atoms with Crippen LogP contribution in [0.15, 0.2) is 60.4 Å². The van der Waals surface area contributed by atoms with Crippen LogP contribution in [0.25, 0.3) is 16.6 Å². The molecule has 0 bridgehead atoms. The van der Waals surface area contributed by atoms with Crippen molar-refractivity contribution in [2.45, 2.75) is 26.3 Å². The minimum atomic E-state index is 0.0892. The molecule has 0 aliphatic rings. The first-order valence-electron chi connectivity index (χ1n) is 8.06. The molecular weight excluding hydrogens is 298 g/mol. The summed E-state index contributed by atoms with van der Waals surface area (Å²) in [5.41, 5.74) is 3.19. The van der Waals surface area contributed by atoms with E-state index in [0.717, 1.165) is 16.6 Å². The minimum Gasteiger partial charge on any atom is -0.511 e. The maximum Gasteiger partial charge on any atom is 0.155 e. The summed E-state index contributed by atoms with van der Waals surface area (Å²) in [6, 6.07) is 19.8. The number of imidazole rings is 1. The Hall–Kier alpha value is -3.06. The quantitative estimate of drug-likeness (QED) is 0.557. The number of benzene rings is 2. The van der Waals surface area contributed by atoms with Crippen LogP contribution in [-0.4, -0.2) is 14.7 Å². The molecule has 0 atom stereocenters. The van der Waals surface area contributed by atoms with Crippen LogP contribution in [0.4, 0.5) is 0 Å². The van der Waals surface area contributed by atoms with Crippen LogP contribution in [0.3, 0.4) is 0 Å². The van der Waals surface area contributed by atoms with E-state index in [0.29, 0.717) is 25.2 Å². The number of aliphatic hydroxyl groups excluding tert-OH is 1. The van der Waals surface area contributed by atoms with Gasteiger partial charge in [-0.3, -0.25) is 0 Å². The Morgan fingerprint density at radius 2 is 1.83 bits per heavy atom. The van der Waals surface area contributed by atoms with Crippen molar-refractivity contribution >= 4 is 16.6 Å². The highest BCUT2D eigenvalue weighted by atomic mass is 16.3. The Morgan fingerprint density at radius 3 is 2.54 bits per heavy atom. The fourth-order valence-electron chi connectivity index (χ4n) is 2.86. The van der Waals surface area contributed by atoms with Gasteiger partial charge >= 0.3 is 0 Å². The fraction of sp³-hybridized carbons (Fsp3) is 0.200. The number of hydrogen-bond acceptors (Lipinski definition) is 3. The molecule has 3 rings (SSSR count). The highest BCUT2D eigenvalue weighted by Crippen LogP contribution is 2.24. The summed E-state index contributed by atoms with van der Waals surface area (Å²) >= 11 is 0. The molecule has 1 aromatic heterocycles. The molecule has 0 fully saturated rings. The molecule has 2 aromatic carbocycles. The monoisotopic (exact) mass is 317 g/mol. The van der Waals surface area contributed by atoms with Gasteiger partial charge in [-0.1, -0.05) is 42.5 Å². The van der Waals surface area contributed by atoms with Crippen LogP contribution >= 0.6 is 0 Å². The number of nitriles is 1. The number of rotatable bonds is 5. The van der Waals surface area contributed by atoms with E-state index in [9.17, 15) is 10.4 Å². The summed E-state index contributed by atoms with van der Waals surface area (Å²) in [7, 11) is 0. The Labute approximate surface area is 141 Å². The lowest BCUT2D eigenvalue weighted by molar-refractivity contribution is 0.391. The molecular formula is C20H19N3O. The summed E-state index contributed by atoms with van der Waals surface area (Å²) in [4.78, 5) is 4.55. The van der Waals surface area contributed by atoms with Crippen molar-refractivity contribution in [2.24, 2.45) is 0 Å². The molecule has 0 unspecified atom stereocenters. The van der Waals surface area contributed by atoms with Crippen molar-refractivity contribution in [1.29, 1.82) is 5.26 Å². The molecule has 1 heterocycles. The van der Waals surface area contributed by atoms with E-state index in [1.165, 1.54) is 0 Å². The number of allylic oxidation sites excluding steroid dienone is 2. The summed E-state index contributed by atoms with van der Waals surface area (Å²) in [5.74, 6) is 0.623. The lowest BCUT2D eigenvalue weighted by Crippen LogP contribution is -2.03. The number of nitrogens with zero attached hydrogens (tertiary/aromatic N) is 3. The Balaban J connectivity index is 1.97. The van der Waals surface area contributed by atoms with E-state index in [4.69, 9.17) is 0 Å². The van der Waals surface area contributed by atoms with Gasteiger partial charge in [0.2, 0.25) is 0 Å². The second kappa shape index (κ2) is 7.01. The zero-order valence-corrected chi connectivity index (χ0v) is 13.6. The number of aromatic nitrogens is 2. The average molecular weight is 317 g/mol. The van der Waals surface area contributed by atoms with Crippen LogP contribution in [0.1, 0.15) is 24.7 Å². The van der Waals surface area contributed by atoms with Crippen LogP contribution in [0, 0.1) is 11.3 Å². The molecule has 0 saturated carbocycles. The third-order valence-electron chi connectivity index (χ3n) is 4.09. The standard InChI is InChI=1S/C20H19N3O/c1-2-23-18-11-7-6-10-17(18)22-20(23)16(14-21)19(24)13-12-15-8-4-3-5-9-15/h3-11,24H,2,12-13H2,1H3/b19-16-. The summed E-state index contributed by atoms with van der Waals surface area (Å²) < 4.78 is 1.96.